The summed E-state index contributed by atoms with van der Waals surface area (Å²) in [4.78, 5) is 0. The average molecular weight is 173 g/mol. The third-order valence-electron chi connectivity index (χ3n) is 3.30. The quantitative estimate of drug-likeness (QED) is 0.511. The first-order valence-corrected chi connectivity index (χ1v) is 4.58. The van der Waals surface area contributed by atoms with Crippen molar-refractivity contribution in [3.05, 3.63) is 0 Å². The van der Waals surface area contributed by atoms with Crippen LogP contribution in [0.5, 0.6) is 0 Å². The van der Waals surface area contributed by atoms with Crippen LogP contribution in [0, 0.1) is 0 Å². The molecule has 1 rings (SSSR count). The molecule has 0 bridgehead atoms. The Kier molecular flexibility index (Phi) is 2.26. The predicted molar refractivity (Wildman–Crippen MR) is 50.6 cm³/mol. The molecular weight excluding hydrogens is 152 g/mol. The van der Waals surface area contributed by atoms with E-state index in [-0.39, 0.29) is 11.2 Å². The van der Waals surface area contributed by atoms with Crippen molar-refractivity contribution in [2.24, 2.45) is 0 Å². The third kappa shape index (κ3) is 1.38. The molecule has 2 nitrogen and oxygen atoms in total. The highest BCUT2D eigenvalue weighted by atomic mass is 16.7. The van der Waals surface area contributed by atoms with Crippen LogP contribution in [0.3, 0.4) is 0 Å². The molecule has 1 saturated heterocycles. The van der Waals surface area contributed by atoms with Crippen LogP contribution >= 0.6 is 0 Å². The van der Waals surface area contributed by atoms with Crippen LogP contribution in [0.25, 0.3) is 0 Å². The van der Waals surface area contributed by atoms with Crippen molar-refractivity contribution in [2.75, 3.05) is 13.7 Å². The summed E-state index contributed by atoms with van der Waals surface area (Å²) in [5, 5.41) is 0. The Morgan fingerprint density at radius 1 is 1.25 bits per heavy atom. The molecule has 1 unspecified atom stereocenters. The fourth-order valence-corrected chi connectivity index (χ4v) is 1.66. The van der Waals surface area contributed by atoms with Crippen molar-refractivity contribution in [3.8, 4) is 0 Å². The van der Waals surface area contributed by atoms with Gasteiger partial charge in [0.1, 0.15) is 18.8 Å². The maximum atomic E-state index is 5.90. The van der Waals surface area contributed by atoms with Gasteiger partial charge in [0.15, 0.2) is 12.2 Å². The van der Waals surface area contributed by atoms with Gasteiger partial charge in [-0.1, -0.05) is 0 Å². The molecule has 0 aromatic heterocycles. The highest BCUT2D eigenvalue weighted by Gasteiger charge is 2.52. The van der Waals surface area contributed by atoms with Crippen molar-refractivity contribution >= 4 is 0 Å². The average Bonchev–Trinajstić information content (AvgIpc) is 1.82. The molecule has 0 radical (unpaired) electrons. The Morgan fingerprint density at radius 2 is 1.75 bits per heavy atom. The summed E-state index contributed by atoms with van der Waals surface area (Å²) >= 11 is 0. The summed E-state index contributed by atoms with van der Waals surface area (Å²) in [5.41, 5.74) is -0.0520. The zero-order valence-corrected chi connectivity index (χ0v) is 9.10. The van der Waals surface area contributed by atoms with Gasteiger partial charge in [-0.25, -0.2) is 0 Å². The fraction of sp³-hybridized carbons (Fsp3) is 1.00. The molecular formula is C10H21O2+. The van der Waals surface area contributed by atoms with Crippen LogP contribution < -0.4 is 0 Å². The van der Waals surface area contributed by atoms with Crippen molar-refractivity contribution in [3.63, 3.8) is 0 Å². The molecule has 0 aromatic carbocycles. The number of ether oxygens (including phenoxy) is 1. The molecule has 1 aliphatic heterocycles. The second kappa shape index (κ2) is 2.71. The standard InChI is InChI=1S/C10H21O2/c1-8-7-12(6)10(4,5)9(2,3)11-8/h8H,7H2,1-6H3/q+1. The molecule has 0 aliphatic carbocycles. The molecule has 1 fully saturated rings. The Labute approximate surface area is 75.6 Å². The van der Waals surface area contributed by atoms with Gasteiger partial charge < -0.3 is 9.10 Å². The largest absolute Gasteiger partial charge is 0.416 e. The van der Waals surface area contributed by atoms with Crippen LogP contribution in [0.4, 0.5) is 0 Å². The Morgan fingerprint density at radius 3 is 2.17 bits per heavy atom. The summed E-state index contributed by atoms with van der Waals surface area (Å²) in [6.07, 6.45) is 0.308. The van der Waals surface area contributed by atoms with Crippen molar-refractivity contribution in [1.29, 1.82) is 0 Å². The summed E-state index contributed by atoms with van der Waals surface area (Å²) in [5.74, 6) is 0. The first-order valence-electron chi connectivity index (χ1n) is 4.58. The lowest BCUT2D eigenvalue weighted by Crippen LogP contribution is -2.60. The van der Waals surface area contributed by atoms with E-state index in [1.807, 2.05) is 0 Å². The Hall–Kier alpha value is -0.0800. The molecule has 1 heterocycles. The molecule has 0 aromatic rings. The van der Waals surface area contributed by atoms with Gasteiger partial charge in [0.05, 0.1) is 0 Å². The van der Waals surface area contributed by atoms with Crippen molar-refractivity contribution in [2.45, 2.75) is 51.9 Å². The van der Waals surface area contributed by atoms with Gasteiger partial charge in [0, 0.05) is 13.8 Å². The van der Waals surface area contributed by atoms with Crippen LogP contribution in [0.15, 0.2) is 0 Å². The molecule has 2 heteroatoms. The van der Waals surface area contributed by atoms with Gasteiger partial charge in [-0.2, -0.15) is 0 Å². The molecule has 0 saturated carbocycles. The van der Waals surface area contributed by atoms with E-state index in [4.69, 9.17) is 4.74 Å². The van der Waals surface area contributed by atoms with Gasteiger partial charge >= 0.3 is 0 Å². The van der Waals surface area contributed by atoms with E-state index in [0.29, 0.717) is 6.10 Å². The topological polar surface area (TPSA) is 11.9 Å². The normalized spacial score (nSPS) is 35.0. The first-order chi connectivity index (χ1) is 5.27. The molecule has 0 spiro atoms. The fourth-order valence-electron chi connectivity index (χ4n) is 1.66. The Balaban J connectivity index is 2.86. The van der Waals surface area contributed by atoms with Crippen LogP contribution in [-0.2, 0) is 9.10 Å². The lowest BCUT2D eigenvalue weighted by molar-refractivity contribution is -0.349. The second-order valence-electron chi connectivity index (χ2n) is 4.75. The Bertz CT molecular complexity index is 173. The van der Waals surface area contributed by atoms with E-state index >= 15 is 0 Å². The molecule has 1 atom stereocenters. The lowest BCUT2D eigenvalue weighted by Gasteiger charge is -2.49. The van der Waals surface area contributed by atoms with E-state index in [1.165, 1.54) is 0 Å². The van der Waals surface area contributed by atoms with E-state index < -0.39 is 0 Å². The SMILES string of the molecule is CC1C[O+](C)C(C)(C)C(C)(C)O1. The van der Waals surface area contributed by atoms with E-state index in [0.717, 1.165) is 6.61 Å². The predicted octanol–water partition coefficient (Wildman–Crippen LogP) is 2.14. The summed E-state index contributed by atoms with van der Waals surface area (Å²) in [7, 11) is 2.08. The minimum atomic E-state index is -0.0932. The summed E-state index contributed by atoms with van der Waals surface area (Å²) < 4.78 is 9.09. The molecule has 12 heavy (non-hydrogen) atoms. The van der Waals surface area contributed by atoms with Crippen molar-refractivity contribution < 1.29 is 9.10 Å². The lowest BCUT2D eigenvalue weighted by atomic mass is 9.87. The van der Waals surface area contributed by atoms with Crippen molar-refractivity contribution in [1.82, 2.24) is 0 Å². The highest BCUT2D eigenvalue weighted by Crippen LogP contribution is 2.38. The minimum Gasteiger partial charge on any atom is -0.416 e. The van der Waals surface area contributed by atoms with Crippen LogP contribution in [0.1, 0.15) is 34.6 Å². The van der Waals surface area contributed by atoms with Gasteiger partial charge in [0.2, 0.25) is 0 Å². The van der Waals surface area contributed by atoms with E-state index in [2.05, 4.69) is 46.1 Å². The van der Waals surface area contributed by atoms with E-state index in [1.54, 1.807) is 0 Å². The monoisotopic (exact) mass is 173 g/mol. The van der Waals surface area contributed by atoms with Gasteiger partial charge in [-0.3, -0.25) is 0 Å². The zero-order valence-electron chi connectivity index (χ0n) is 9.10. The minimum absolute atomic E-state index is 0.0412. The van der Waals surface area contributed by atoms with Crippen LogP contribution in [0.2, 0.25) is 0 Å². The molecule has 0 amide bonds. The third-order valence-corrected chi connectivity index (χ3v) is 3.30. The summed E-state index contributed by atoms with van der Waals surface area (Å²) in [6.45, 7) is 11.7. The smallest absolute Gasteiger partial charge is 0.188 e. The number of hydrogen-bond donors (Lipinski definition) is 0. The van der Waals surface area contributed by atoms with Gasteiger partial charge in [-0.05, 0) is 20.8 Å². The van der Waals surface area contributed by atoms with Gasteiger partial charge in [-0.15, -0.1) is 0 Å². The zero-order chi connectivity index (χ0) is 9.57. The highest BCUT2D eigenvalue weighted by molar-refractivity contribution is 4.94. The molecule has 72 valence electrons. The number of rotatable bonds is 0. The maximum Gasteiger partial charge on any atom is 0.188 e. The van der Waals surface area contributed by atoms with Crippen LogP contribution in [-0.4, -0.2) is 31.0 Å². The molecule has 1 aliphatic rings. The maximum absolute atomic E-state index is 5.90. The molecule has 0 N–H and O–H groups in total. The number of hydrogen-bond acceptors (Lipinski definition) is 1. The summed E-state index contributed by atoms with van der Waals surface area (Å²) in [6, 6.07) is 0. The second-order valence-corrected chi connectivity index (χ2v) is 4.75. The van der Waals surface area contributed by atoms with Gasteiger partial charge in [0.25, 0.3) is 0 Å². The first kappa shape index (κ1) is 10.0. The van der Waals surface area contributed by atoms with E-state index in [9.17, 15) is 0 Å².